The maximum Gasteiger partial charge on any atom is 0.136 e. The number of hydrogen-bond acceptors (Lipinski definition) is 2. The molecular formula is C16H31NS2. The van der Waals surface area contributed by atoms with Crippen LogP contribution in [0.5, 0.6) is 0 Å². The molecule has 3 heteroatoms. The van der Waals surface area contributed by atoms with Gasteiger partial charge in [0.25, 0.3) is 0 Å². The highest BCUT2D eigenvalue weighted by molar-refractivity contribution is 8.23. The van der Waals surface area contributed by atoms with Crippen LogP contribution in [0, 0.1) is 0 Å². The predicted octanol–water partition coefficient (Wildman–Crippen LogP) is 5.63. The molecule has 0 amide bonds. The van der Waals surface area contributed by atoms with Crippen LogP contribution in [0.1, 0.15) is 77.6 Å². The first-order chi connectivity index (χ1) is 9.34. The second-order valence-electron chi connectivity index (χ2n) is 5.64. The summed E-state index contributed by atoms with van der Waals surface area (Å²) >= 11 is 7.15. The molecule has 19 heavy (non-hydrogen) atoms. The Morgan fingerprint density at radius 1 is 0.895 bits per heavy atom. The number of nitrogens with zero attached hydrogens (tertiary/aromatic N) is 1. The van der Waals surface area contributed by atoms with Gasteiger partial charge in [-0.05, 0) is 6.42 Å². The highest BCUT2D eigenvalue weighted by Crippen LogP contribution is 2.18. The molecule has 0 radical (unpaired) electrons. The molecule has 0 aromatic heterocycles. The Morgan fingerprint density at radius 3 is 1.89 bits per heavy atom. The fraction of sp³-hybridized carbons (Fsp3) is 0.938. The van der Waals surface area contributed by atoms with Gasteiger partial charge in [-0.15, -0.1) is 0 Å². The molecule has 1 fully saturated rings. The van der Waals surface area contributed by atoms with E-state index in [0.29, 0.717) is 0 Å². The Morgan fingerprint density at radius 2 is 1.42 bits per heavy atom. The minimum absolute atomic E-state index is 1.13. The van der Waals surface area contributed by atoms with Crippen molar-refractivity contribution >= 4 is 28.3 Å². The Kier molecular flexibility index (Phi) is 10.9. The van der Waals surface area contributed by atoms with E-state index in [1.807, 2.05) is 11.8 Å². The van der Waals surface area contributed by atoms with Crippen molar-refractivity contribution in [2.45, 2.75) is 77.6 Å². The summed E-state index contributed by atoms with van der Waals surface area (Å²) < 4.78 is 1.13. The van der Waals surface area contributed by atoms with Gasteiger partial charge in [-0.3, -0.25) is 0 Å². The molecule has 0 saturated carbocycles. The van der Waals surface area contributed by atoms with E-state index in [0.717, 1.165) is 4.32 Å². The fourth-order valence-electron chi connectivity index (χ4n) is 2.60. The zero-order chi connectivity index (χ0) is 13.8. The lowest BCUT2D eigenvalue weighted by Crippen LogP contribution is -2.23. The SMILES string of the molecule is CCCCCCCCCCCCCN1CCSC1=S. The highest BCUT2D eigenvalue weighted by atomic mass is 32.2. The van der Waals surface area contributed by atoms with Gasteiger partial charge in [0.2, 0.25) is 0 Å². The molecule has 0 aromatic rings. The fourth-order valence-corrected chi connectivity index (χ4v) is 3.88. The normalized spacial score (nSPS) is 15.4. The van der Waals surface area contributed by atoms with Crippen LogP contribution in [0.25, 0.3) is 0 Å². The molecule has 0 unspecified atom stereocenters. The first kappa shape index (κ1) is 17.3. The quantitative estimate of drug-likeness (QED) is 0.340. The van der Waals surface area contributed by atoms with Crippen LogP contribution in [-0.4, -0.2) is 28.1 Å². The van der Waals surface area contributed by atoms with E-state index in [2.05, 4.69) is 11.8 Å². The van der Waals surface area contributed by atoms with Gasteiger partial charge in [0.05, 0.1) is 0 Å². The molecule has 1 aliphatic rings. The van der Waals surface area contributed by atoms with Gasteiger partial charge in [0.1, 0.15) is 4.32 Å². The highest BCUT2D eigenvalue weighted by Gasteiger charge is 2.15. The summed E-state index contributed by atoms with van der Waals surface area (Å²) in [6, 6.07) is 0. The average Bonchev–Trinajstić information content (AvgIpc) is 2.82. The van der Waals surface area contributed by atoms with Gasteiger partial charge in [-0.2, -0.15) is 0 Å². The maximum absolute atomic E-state index is 5.31. The van der Waals surface area contributed by atoms with Crippen molar-refractivity contribution in [2.24, 2.45) is 0 Å². The zero-order valence-corrected chi connectivity index (χ0v) is 14.3. The summed E-state index contributed by atoms with van der Waals surface area (Å²) in [7, 11) is 0. The Bertz CT molecular complexity index is 231. The van der Waals surface area contributed by atoms with E-state index >= 15 is 0 Å². The van der Waals surface area contributed by atoms with Crippen LogP contribution in [0.2, 0.25) is 0 Å². The summed E-state index contributed by atoms with van der Waals surface area (Å²) in [5.74, 6) is 1.21. The summed E-state index contributed by atoms with van der Waals surface area (Å²) in [5, 5.41) is 0. The summed E-state index contributed by atoms with van der Waals surface area (Å²) in [6.45, 7) is 4.66. The second kappa shape index (κ2) is 12.0. The summed E-state index contributed by atoms with van der Waals surface area (Å²) in [4.78, 5) is 2.38. The van der Waals surface area contributed by atoms with Crippen molar-refractivity contribution in [3.05, 3.63) is 0 Å². The number of thioether (sulfide) groups is 1. The molecule has 1 rings (SSSR count). The summed E-state index contributed by atoms with van der Waals surface area (Å²) in [5.41, 5.74) is 0. The molecular weight excluding hydrogens is 270 g/mol. The van der Waals surface area contributed by atoms with Crippen LogP contribution in [0.3, 0.4) is 0 Å². The lowest BCUT2D eigenvalue weighted by Gasteiger charge is -2.16. The van der Waals surface area contributed by atoms with E-state index in [9.17, 15) is 0 Å². The lowest BCUT2D eigenvalue weighted by atomic mass is 10.1. The van der Waals surface area contributed by atoms with Crippen LogP contribution >= 0.6 is 24.0 Å². The topological polar surface area (TPSA) is 3.24 Å². The first-order valence-corrected chi connectivity index (χ1v) is 9.65. The van der Waals surface area contributed by atoms with Crippen molar-refractivity contribution < 1.29 is 0 Å². The second-order valence-corrected chi connectivity index (χ2v) is 7.37. The Labute approximate surface area is 129 Å². The van der Waals surface area contributed by atoms with E-state index in [1.165, 1.54) is 89.5 Å². The maximum atomic E-state index is 5.31. The predicted molar refractivity (Wildman–Crippen MR) is 93.1 cm³/mol. The molecule has 0 bridgehead atoms. The zero-order valence-electron chi connectivity index (χ0n) is 12.7. The van der Waals surface area contributed by atoms with Gasteiger partial charge in [0, 0.05) is 18.8 Å². The van der Waals surface area contributed by atoms with Crippen molar-refractivity contribution in [3.63, 3.8) is 0 Å². The number of hydrogen-bond donors (Lipinski definition) is 0. The third-order valence-electron chi connectivity index (χ3n) is 3.88. The van der Waals surface area contributed by atoms with Gasteiger partial charge >= 0.3 is 0 Å². The minimum Gasteiger partial charge on any atom is -0.357 e. The molecule has 0 spiro atoms. The van der Waals surface area contributed by atoms with Crippen molar-refractivity contribution in [2.75, 3.05) is 18.8 Å². The molecule has 112 valence electrons. The molecule has 0 aliphatic carbocycles. The molecule has 1 heterocycles. The van der Waals surface area contributed by atoms with E-state index in [1.54, 1.807) is 0 Å². The molecule has 0 atom stereocenters. The molecule has 1 aliphatic heterocycles. The van der Waals surface area contributed by atoms with Crippen LogP contribution in [0.15, 0.2) is 0 Å². The lowest BCUT2D eigenvalue weighted by molar-refractivity contribution is 0.438. The van der Waals surface area contributed by atoms with Crippen LogP contribution in [-0.2, 0) is 0 Å². The molecule has 0 aromatic carbocycles. The number of thiocarbonyl (C=S) groups is 1. The standard InChI is InChI=1S/C16H31NS2/c1-2-3-4-5-6-7-8-9-10-11-12-13-17-14-15-19-16(17)18/h2-15H2,1H3. The van der Waals surface area contributed by atoms with E-state index in [-0.39, 0.29) is 0 Å². The van der Waals surface area contributed by atoms with E-state index < -0.39 is 0 Å². The molecule has 1 saturated heterocycles. The summed E-state index contributed by atoms with van der Waals surface area (Å²) in [6.07, 6.45) is 15.6. The van der Waals surface area contributed by atoms with Gasteiger partial charge in [0.15, 0.2) is 0 Å². The van der Waals surface area contributed by atoms with Crippen molar-refractivity contribution in [1.82, 2.24) is 4.90 Å². The van der Waals surface area contributed by atoms with Crippen LogP contribution in [0.4, 0.5) is 0 Å². The largest absolute Gasteiger partial charge is 0.357 e. The van der Waals surface area contributed by atoms with Gasteiger partial charge in [-0.25, -0.2) is 0 Å². The smallest absolute Gasteiger partial charge is 0.136 e. The Balaban J connectivity index is 1.75. The minimum atomic E-state index is 1.13. The molecule has 1 nitrogen and oxygen atoms in total. The average molecular weight is 302 g/mol. The van der Waals surface area contributed by atoms with Crippen molar-refractivity contribution in [3.8, 4) is 0 Å². The third-order valence-corrected chi connectivity index (χ3v) is 5.38. The van der Waals surface area contributed by atoms with Gasteiger partial charge in [-0.1, -0.05) is 95.1 Å². The van der Waals surface area contributed by atoms with Gasteiger partial charge < -0.3 is 4.90 Å². The Hall–Kier alpha value is 0.240. The molecule has 0 N–H and O–H groups in total. The monoisotopic (exact) mass is 301 g/mol. The van der Waals surface area contributed by atoms with Crippen molar-refractivity contribution in [1.29, 1.82) is 0 Å². The number of unbranched alkanes of at least 4 members (excludes halogenated alkanes) is 10. The number of rotatable bonds is 12. The first-order valence-electron chi connectivity index (χ1n) is 8.26. The van der Waals surface area contributed by atoms with E-state index in [4.69, 9.17) is 12.2 Å². The van der Waals surface area contributed by atoms with Crippen LogP contribution < -0.4 is 0 Å². The third kappa shape index (κ3) is 8.91.